The molecule has 1 saturated heterocycles. The van der Waals surface area contributed by atoms with Gasteiger partial charge in [-0.1, -0.05) is 84.9 Å². The molecule has 1 heterocycles. The molecule has 154 valence electrons. The lowest BCUT2D eigenvalue weighted by Gasteiger charge is -2.44. The topological polar surface area (TPSA) is 43.8 Å². The highest BCUT2D eigenvalue weighted by Gasteiger charge is 2.31. The van der Waals surface area contributed by atoms with Gasteiger partial charge >= 0.3 is 5.97 Å². The van der Waals surface area contributed by atoms with E-state index in [0.717, 1.165) is 19.6 Å². The summed E-state index contributed by atoms with van der Waals surface area (Å²) in [5.41, 5.74) is 4.96. The van der Waals surface area contributed by atoms with Crippen LogP contribution in [0, 0.1) is 0 Å². The van der Waals surface area contributed by atoms with Gasteiger partial charge in [-0.3, -0.25) is 14.6 Å². The molecule has 30 heavy (non-hydrogen) atoms. The predicted octanol–water partition coefficient (Wildman–Crippen LogP) is 4.53. The predicted molar refractivity (Wildman–Crippen MR) is 120 cm³/mol. The van der Waals surface area contributed by atoms with Gasteiger partial charge in [0.25, 0.3) is 0 Å². The molecule has 0 saturated carbocycles. The molecule has 0 amide bonds. The van der Waals surface area contributed by atoms with Gasteiger partial charge in [-0.05, 0) is 29.2 Å². The molecular weight excluding hydrogens is 372 g/mol. The number of benzene rings is 3. The van der Waals surface area contributed by atoms with Gasteiger partial charge in [-0.25, -0.2) is 0 Å². The normalized spacial score (nSPS) is 18.8. The fourth-order valence-corrected chi connectivity index (χ4v) is 4.46. The average Bonchev–Trinajstić information content (AvgIpc) is 2.77. The average molecular weight is 401 g/mol. The minimum absolute atomic E-state index is 0.111. The van der Waals surface area contributed by atoms with Crippen molar-refractivity contribution in [3.8, 4) is 11.1 Å². The zero-order valence-electron chi connectivity index (χ0n) is 17.3. The van der Waals surface area contributed by atoms with Crippen LogP contribution in [0.15, 0.2) is 84.9 Å². The van der Waals surface area contributed by atoms with Crippen LogP contribution >= 0.6 is 0 Å². The quantitative estimate of drug-likeness (QED) is 0.660. The van der Waals surface area contributed by atoms with E-state index in [1.807, 2.05) is 17.0 Å². The second-order valence-corrected chi connectivity index (χ2v) is 8.02. The molecule has 0 spiro atoms. The lowest BCUT2D eigenvalue weighted by molar-refractivity contribution is -0.139. The van der Waals surface area contributed by atoms with E-state index in [0.29, 0.717) is 0 Å². The second kappa shape index (κ2) is 9.24. The van der Waals surface area contributed by atoms with Crippen LogP contribution in [0.2, 0.25) is 0 Å². The fourth-order valence-electron chi connectivity index (χ4n) is 4.46. The number of carboxylic acid groups (broad SMARTS) is 1. The van der Waals surface area contributed by atoms with Crippen molar-refractivity contribution in [2.75, 3.05) is 26.2 Å². The van der Waals surface area contributed by atoms with Crippen LogP contribution in [0.25, 0.3) is 11.1 Å². The van der Waals surface area contributed by atoms with Crippen molar-refractivity contribution in [3.63, 3.8) is 0 Å². The fraction of sp³-hybridized carbons (Fsp3) is 0.269. The summed E-state index contributed by atoms with van der Waals surface area (Å²) in [5.74, 6) is -0.758. The molecule has 1 fully saturated rings. The smallest absolute Gasteiger partial charge is 0.317 e. The van der Waals surface area contributed by atoms with Crippen molar-refractivity contribution in [1.82, 2.24) is 9.80 Å². The van der Waals surface area contributed by atoms with E-state index < -0.39 is 5.97 Å². The maximum atomic E-state index is 11.1. The monoisotopic (exact) mass is 400 g/mol. The molecule has 4 rings (SSSR count). The molecular formula is C26H28N2O2. The van der Waals surface area contributed by atoms with Gasteiger partial charge in [-0.15, -0.1) is 0 Å². The van der Waals surface area contributed by atoms with Gasteiger partial charge in [0.15, 0.2) is 0 Å². The Bertz CT molecular complexity index is 957. The minimum Gasteiger partial charge on any atom is -0.480 e. The van der Waals surface area contributed by atoms with Gasteiger partial charge in [0, 0.05) is 25.7 Å². The SMILES string of the molecule is C[C@@H]1CN(CC(=O)O)CCN1C(c1ccccc1)c1ccc(-c2ccccc2)cc1. The van der Waals surface area contributed by atoms with Crippen LogP contribution in [0.4, 0.5) is 0 Å². The summed E-state index contributed by atoms with van der Waals surface area (Å²) in [6.45, 7) is 4.68. The van der Waals surface area contributed by atoms with E-state index in [1.54, 1.807) is 0 Å². The Hall–Kier alpha value is -2.95. The zero-order chi connectivity index (χ0) is 20.9. The van der Waals surface area contributed by atoms with Crippen molar-refractivity contribution >= 4 is 5.97 Å². The summed E-state index contributed by atoms with van der Waals surface area (Å²) in [7, 11) is 0. The first kappa shape index (κ1) is 20.3. The lowest BCUT2D eigenvalue weighted by Crippen LogP contribution is -2.54. The third-order valence-corrected chi connectivity index (χ3v) is 5.90. The summed E-state index contributed by atoms with van der Waals surface area (Å²) in [6, 6.07) is 30.3. The molecule has 1 unspecified atom stereocenters. The summed E-state index contributed by atoms with van der Waals surface area (Å²) in [4.78, 5) is 15.7. The highest BCUT2D eigenvalue weighted by Crippen LogP contribution is 2.33. The van der Waals surface area contributed by atoms with Crippen LogP contribution in [0.1, 0.15) is 24.1 Å². The van der Waals surface area contributed by atoms with E-state index in [-0.39, 0.29) is 18.6 Å². The largest absolute Gasteiger partial charge is 0.480 e. The molecule has 0 radical (unpaired) electrons. The first-order valence-corrected chi connectivity index (χ1v) is 10.5. The molecule has 3 aromatic rings. The standard InChI is InChI=1S/C26H28N2O2/c1-20-18-27(19-25(29)30)16-17-28(20)26(23-10-6-3-7-11-23)24-14-12-22(13-15-24)21-8-4-2-5-9-21/h2-15,20,26H,16-19H2,1H3,(H,29,30)/t20-,26?/m1/s1. The number of rotatable bonds is 6. The number of hydrogen-bond donors (Lipinski definition) is 1. The zero-order valence-corrected chi connectivity index (χ0v) is 17.3. The van der Waals surface area contributed by atoms with Gasteiger partial charge in [0.2, 0.25) is 0 Å². The van der Waals surface area contributed by atoms with Gasteiger partial charge in [0.05, 0.1) is 12.6 Å². The van der Waals surface area contributed by atoms with Crippen LogP contribution in [-0.2, 0) is 4.79 Å². The number of carboxylic acids is 1. The van der Waals surface area contributed by atoms with Gasteiger partial charge in [0.1, 0.15) is 0 Å². The number of carbonyl (C=O) groups is 1. The lowest BCUT2D eigenvalue weighted by atomic mass is 9.93. The highest BCUT2D eigenvalue weighted by atomic mass is 16.4. The Morgan fingerprint density at radius 3 is 2.03 bits per heavy atom. The van der Waals surface area contributed by atoms with Crippen LogP contribution in [0.3, 0.4) is 0 Å². The molecule has 3 aromatic carbocycles. The Kier molecular flexibility index (Phi) is 6.26. The summed E-state index contributed by atoms with van der Waals surface area (Å²) in [6.07, 6.45) is 0. The molecule has 1 N–H and O–H groups in total. The maximum absolute atomic E-state index is 11.1. The first-order valence-electron chi connectivity index (χ1n) is 10.5. The van der Waals surface area contributed by atoms with Crippen LogP contribution in [-0.4, -0.2) is 53.1 Å². The third kappa shape index (κ3) is 4.61. The van der Waals surface area contributed by atoms with E-state index >= 15 is 0 Å². The molecule has 0 bridgehead atoms. The number of aliphatic carboxylic acids is 1. The van der Waals surface area contributed by atoms with E-state index in [1.165, 1.54) is 22.3 Å². The number of piperazine rings is 1. The number of nitrogens with zero attached hydrogens (tertiary/aromatic N) is 2. The minimum atomic E-state index is -0.758. The summed E-state index contributed by atoms with van der Waals surface area (Å²) >= 11 is 0. The maximum Gasteiger partial charge on any atom is 0.317 e. The van der Waals surface area contributed by atoms with Crippen molar-refractivity contribution in [2.24, 2.45) is 0 Å². The van der Waals surface area contributed by atoms with Crippen LogP contribution in [0.5, 0.6) is 0 Å². The van der Waals surface area contributed by atoms with Gasteiger partial charge in [-0.2, -0.15) is 0 Å². The van der Waals surface area contributed by atoms with E-state index in [4.69, 9.17) is 5.11 Å². The van der Waals surface area contributed by atoms with Gasteiger partial charge < -0.3 is 5.11 Å². The van der Waals surface area contributed by atoms with E-state index in [2.05, 4.69) is 84.6 Å². The molecule has 1 aliphatic heterocycles. The van der Waals surface area contributed by atoms with Crippen LogP contribution < -0.4 is 0 Å². The third-order valence-electron chi connectivity index (χ3n) is 5.90. The Balaban J connectivity index is 1.62. The Labute approximate surface area is 178 Å². The Morgan fingerprint density at radius 2 is 1.43 bits per heavy atom. The molecule has 4 nitrogen and oxygen atoms in total. The summed E-state index contributed by atoms with van der Waals surface area (Å²) in [5, 5.41) is 9.15. The van der Waals surface area contributed by atoms with Crippen molar-refractivity contribution in [2.45, 2.75) is 19.0 Å². The molecule has 1 aliphatic rings. The van der Waals surface area contributed by atoms with Crippen molar-refractivity contribution in [1.29, 1.82) is 0 Å². The first-order chi connectivity index (χ1) is 14.6. The Morgan fingerprint density at radius 1 is 0.867 bits per heavy atom. The molecule has 2 atom stereocenters. The van der Waals surface area contributed by atoms with Crippen molar-refractivity contribution < 1.29 is 9.90 Å². The highest BCUT2D eigenvalue weighted by molar-refractivity contribution is 5.69. The van der Waals surface area contributed by atoms with E-state index in [9.17, 15) is 4.79 Å². The molecule has 4 heteroatoms. The molecule has 0 aliphatic carbocycles. The second-order valence-electron chi connectivity index (χ2n) is 8.02. The molecule has 0 aromatic heterocycles. The summed E-state index contributed by atoms with van der Waals surface area (Å²) < 4.78 is 0. The van der Waals surface area contributed by atoms with Crippen molar-refractivity contribution in [3.05, 3.63) is 96.1 Å². The number of hydrogen-bond acceptors (Lipinski definition) is 3.